The zero-order valence-corrected chi connectivity index (χ0v) is 13.8. The highest BCUT2D eigenvalue weighted by molar-refractivity contribution is 5.63. The Morgan fingerprint density at radius 2 is 1.17 bits per heavy atom. The van der Waals surface area contributed by atoms with Crippen LogP contribution in [0.3, 0.4) is 0 Å². The fourth-order valence-corrected chi connectivity index (χ4v) is 2.17. The van der Waals surface area contributed by atoms with E-state index in [1.54, 1.807) is 24.3 Å². The molecule has 122 valence electrons. The molecule has 0 radical (unpaired) electrons. The Bertz CT molecular complexity index is 742. The van der Waals surface area contributed by atoms with Gasteiger partial charge in [0.1, 0.15) is 11.5 Å². The van der Waals surface area contributed by atoms with Crippen molar-refractivity contribution in [1.82, 2.24) is 0 Å². The first-order valence-corrected chi connectivity index (χ1v) is 7.92. The number of hydrogen-bond donors (Lipinski definition) is 2. The number of allylic oxidation sites excluding steroid dienone is 2. The third-order valence-electron chi connectivity index (χ3n) is 3.50. The lowest BCUT2D eigenvalue weighted by molar-refractivity contribution is 0.474. The second-order valence-electron chi connectivity index (χ2n) is 5.35. The highest BCUT2D eigenvalue weighted by Crippen LogP contribution is 2.20. The quantitative estimate of drug-likeness (QED) is 0.620. The van der Waals surface area contributed by atoms with Crippen molar-refractivity contribution in [2.45, 2.75) is 13.3 Å². The summed E-state index contributed by atoms with van der Waals surface area (Å²) in [6, 6.07) is 24.6. The second-order valence-corrected chi connectivity index (χ2v) is 5.35. The van der Waals surface area contributed by atoms with Crippen LogP contribution >= 0.6 is 0 Å². The van der Waals surface area contributed by atoms with E-state index in [4.69, 9.17) is 10.2 Å². The summed E-state index contributed by atoms with van der Waals surface area (Å²) >= 11 is 0. The van der Waals surface area contributed by atoms with Gasteiger partial charge in [-0.2, -0.15) is 0 Å². The molecule has 3 aromatic carbocycles. The van der Waals surface area contributed by atoms with Gasteiger partial charge < -0.3 is 10.2 Å². The van der Waals surface area contributed by atoms with Gasteiger partial charge in [0, 0.05) is 0 Å². The van der Waals surface area contributed by atoms with Crippen molar-refractivity contribution in [2.24, 2.45) is 0 Å². The molecule has 2 nitrogen and oxygen atoms in total. The fraction of sp³-hybridized carbons (Fsp3) is 0.0909. The Morgan fingerprint density at radius 3 is 1.71 bits per heavy atom. The predicted molar refractivity (Wildman–Crippen MR) is 100 cm³/mol. The lowest BCUT2D eigenvalue weighted by Gasteiger charge is -2.00. The molecule has 0 amide bonds. The average Bonchev–Trinajstić information content (AvgIpc) is 2.63. The van der Waals surface area contributed by atoms with Crippen molar-refractivity contribution in [3.05, 3.63) is 96.6 Å². The normalized spacial score (nSPS) is 10.2. The largest absolute Gasteiger partial charge is 0.508 e. The summed E-state index contributed by atoms with van der Waals surface area (Å²) in [4.78, 5) is 0. The van der Waals surface area contributed by atoms with Crippen LogP contribution in [-0.4, -0.2) is 10.2 Å². The zero-order chi connectivity index (χ0) is 17.2. The third kappa shape index (κ3) is 5.65. The molecule has 0 saturated carbocycles. The minimum absolute atomic E-state index is 0.305. The summed E-state index contributed by atoms with van der Waals surface area (Å²) in [6.07, 6.45) is 5.05. The summed E-state index contributed by atoms with van der Waals surface area (Å²) in [7, 11) is 0. The fourth-order valence-electron chi connectivity index (χ4n) is 2.17. The number of aromatic hydroxyl groups is 2. The number of benzene rings is 3. The van der Waals surface area contributed by atoms with Crippen molar-refractivity contribution < 1.29 is 10.2 Å². The summed E-state index contributed by atoms with van der Waals surface area (Å²) in [6.45, 7) is 2.00. The summed E-state index contributed by atoms with van der Waals surface area (Å²) in [5.74, 6) is 0.633. The molecule has 0 aliphatic carbocycles. The van der Waals surface area contributed by atoms with E-state index in [0.29, 0.717) is 11.5 Å². The maximum absolute atomic E-state index is 9.10. The predicted octanol–water partition coefficient (Wildman–Crippen LogP) is 5.57. The third-order valence-corrected chi connectivity index (χ3v) is 3.50. The monoisotopic (exact) mass is 318 g/mol. The van der Waals surface area contributed by atoms with Gasteiger partial charge >= 0.3 is 0 Å². The van der Waals surface area contributed by atoms with Crippen LogP contribution in [0.25, 0.3) is 11.1 Å². The molecular formula is C22H22O2. The molecule has 0 unspecified atom stereocenters. The molecule has 24 heavy (non-hydrogen) atoms. The van der Waals surface area contributed by atoms with Gasteiger partial charge in [0.2, 0.25) is 0 Å². The molecule has 0 heterocycles. The molecule has 0 aliphatic rings. The van der Waals surface area contributed by atoms with E-state index in [1.807, 2.05) is 67.6 Å². The minimum atomic E-state index is 0.305. The van der Waals surface area contributed by atoms with Gasteiger partial charge in [-0.3, -0.25) is 0 Å². The standard InChI is InChI=1S/C12H10O.C10H12O/c13-12-8-6-11(7-9-12)10-4-2-1-3-5-10;1-2-3-4-9-5-7-10(11)8-6-9/h1-9,13H;2-3,5-8,11H,4H2,1H3. The average molecular weight is 318 g/mol. The van der Waals surface area contributed by atoms with Gasteiger partial charge in [-0.1, -0.05) is 66.7 Å². The van der Waals surface area contributed by atoms with Crippen LogP contribution in [0.5, 0.6) is 11.5 Å². The maximum Gasteiger partial charge on any atom is 0.115 e. The molecule has 0 bridgehead atoms. The van der Waals surface area contributed by atoms with Crippen molar-refractivity contribution >= 4 is 0 Å². The van der Waals surface area contributed by atoms with Crippen molar-refractivity contribution in [3.8, 4) is 22.6 Å². The Kier molecular flexibility index (Phi) is 6.66. The van der Waals surface area contributed by atoms with Gasteiger partial charge in [-0.15, -0.1) is 0 Å². The van der Waals surface area contributed by atoms with E-state index >= 15 is 0 Å². The maximum atomic E-state index is 9.10. The molecule has 0 fully saturated rings. The number of rotatable bonds is 3. The van der Waals surface area contributed by atoms with E-state index in [2.05, 4.69) is 6.08 Å². The molecule has 0 atom stereocenters. The molecule has 0 spiro atoms. The minimum Gasteiger partial charge on any atom is -0.508 e. The van der Waals surface area contributed by atoms with Crippen LogP contribution < -0.4 is 0 Å². The first-order chi connectivity index (χ1) is 11.7. The molecule has 0 aliphatic heterocycles. The Morgan fingerprint density at radius 1 is 0.667 bits per heavy atom. The van der Waals surface area contributed by atoms with Crippen LogP contribution in [0.2, 0.25) is 0 Å². The number of hydrogen-bond acceptors (Lipinski definition) is 2. The van der Waals surface area contributed by atoms with Crippen LogP contribution in [0.1, 0.15) is 12.5 Å². The van der Waals surface area contributed by atoms with E-state index in [9.17, 15) is 0 Å². The van der Waals surface area contributed by atoms with Gasteiger partial charge in [-0.25, -0.2) is 0 Å². The topological polar surface area (TPSA) is 40.5 Å². The van der Waals surface area contributed by atoms with Crippen LogP contribution in [-0.2, 0) is 6.42 Å². The summed E-state index contributed by atoms with van der Waals surface area (Å²) in [5.41, 5.74) is 3.52. The van der Waals surface area contributed by atoms with E-state index < -0.39 is 0 Å². The van der Waals surface area contributed by atoms with Crippen molar-refractivity contribution in [3.63, 3.8) is 0 Å². The highest BCUT2D eigenvalue weighted by atomic mass is 16.3. The molecular weight excluding hydrogens is 296 g/mol. The molecule has 2 heteroatoms. The lowest BCUT2D eigenvalue weighted by atomic mass is 10.1. The van der Waals surface area contributed by atoms with Crippen LogP contribution in [0.4, 0.5) is 0 Å². The van der Waals surface area contributed by atoms with Crippen molar-refractivity contribution in [2.75, 3.05) is 0 Å². The molecule has 2 N–H and O–H groups in total. The number of phenolic OH excluding ortho intramolecular Hbond substituents is 2. The lowest BCUT2D eigenvalue weighted by Crippen LogP contribution is -1.77. The van der Waals surface area contributed by atoms with Gasteiger partial charge in [-0.05, 0) is 54.3 Å². The van der Waals surface area contributed by atoms with Crippen LogP contribution in [0.15, 0.2) is 91.0 Å². The SMILES string of the molecule is CC=CCc1ccc(O)cc1.Oc1ccc(-c2ccccc2)cc1. The molecule has 3 aromatic rings. The highest BCUT2D eigenvalue weighted by Gasteiger charge is 1.94. The smallest absolute Gasteiger partial charge is 0.115 e. The zero-order valence-electron chi connectivity index (χ0n) is 13.8. The van der Waals surface area contributed by atoms with E-state index in [1.165, 1.54) is 11.1 Å². The second kappa shape index (κ2) is 9.21. The summed E-state index contributed by atoms with van der Waals surface area (Å²) < 4.78 is 0. The molecule has 3 rings (SSSR count). The molecule has 0 saturated heterocycles. The first kappa shape index (κ1) is 17.4. The number of phenols is 2. The summed E-state index contributed by atoms with van der Waals surface area (Å²) in [5, 5.41) is 18.1. The van der Waals surface area contributed by atoms with Gasteiger partial charge in [0.15, 0.2) is 0 Å². The first-order valence-electron chi connectivity index (χ1n) is 7.92. The van der Waals surface area contributed by atoms with E-state index in [-0.39, 0.29) is 0 Å². The van der Waals surface area contributed by atoms with Gasteiger partial charge in [0.25, 0.3) is 0 Å². The Balaban J connectivity index is 0.000000177. The van der Waals surface area contributed by atoms with Crippen LogP contribution in [0, 0.1) is 0 Å². The Hall–Kier alpha value is -3.00. The van der Waals surface area contributed by atoms with E-state index in [0.717, 1.165) is 12.0 Å². The van der Waals surface area contributed by atoms with Crippen molar-refractivity contribution in [1.29, 1.82) is 0 Å². The van der Waals surface area contributed by atoms with Gasteiger partial charge in [0.05, 0.1) is 0 Å². The molecule has 0 aromatic heterocycles. The Labute approximate surface area is 143 Å².